The SMILES string of the molecule is Cc1ccc(S(=O)(=O)n2c(C(=O)O)cc3c2CCC3Cc2ccc(F)cc2)cc1. The molecule has 0 saturated carbocycles. The molecule has 7 heteroatoms. The normalized spacial score (nSPS) is 16.0. The van der Waals surface area contributed by atoms with Crippen LogP contribution in [-0.4, -0.2) is 23.5 Å². The van der Waals surface area contributed by atoms with Crippen molar-refractivity contribution in [1.82, 2.24) is 3.97 Å². The van der Waals surface area contributed by atoms with E-state index < -0.39 is 16.0 Å². The number of aryl methyl sites for hydroxylation is 1. The Morgan fingerprint density at radius 2 is 1.79 bits per heavy atom. The molecule has 0 spiro atoms. The van der Waals surface area contributed by atoms with Gasteiger partial charge in [-0.2, -0.15) is 0 Å². The Labute approximate surface area is 168 Å². The molecule has 150 valence electrons. The molecule has 0 saturated heterocycles. The number of hydrogen-bond acceptors (Lipinski definition) is 3. The summed E-state index contributed by atoms with van der Waals surface area (Å²) in [7, 11) is -4.03. The first-order valence-electron chi connectivity index (χ1n) is 9.32. The van der Waals surface area contributed by atoms with Crippen molar-refractivity contribution in [3.63, 3.8) is 0 Å². The quantitative estimate of drug-likeness (QED) is 0.682. The lowest BCUT2D eigenvalue weighted by Crippen LogP contribution is -2.20. The molecule has 0 radical (unpaired) electrons. The maximum absolute atomic E-state index is 13.3. The van der Waals surface area contributed by atoms with Gasteiger partial charge in [-0.25, -0.2) is 21.6 Å². The molecule has 1 aromatic heterocycles. The van der Waals surface area contributed by atoms with Crippen LogP contribution >= 0.6 is 0 Å². The van der Waals surface area contributed by atoms with Crippen molar-refractivity contribution < 1.29 is 22.7 Å². The summed E-state index contributed by atoms with van der Waals surface area (Å²) in [6, 6.07) is 14.0. The van der Waals surface area contributed by atoms with Crippen LogP contribution in [0.4, 0.5) is 4.39 Å². The van der Waals surface area contributed by atoms with Crippen LogP contribution in [0, 0.1) is 12.7 Å². The van der Waals surface area contributed by atoms with Crippen molar-refractivity contribution in [2.45, 2.75) is 37.0 Å². The van der Waals surface area contributed by atoms with E-state index in [1.165, 1.54) is 30.3 Å². The average Bonchev–Trinajstić information content (AvgIpc) is 3.24. The fourth-order valence-electron chi connectivity index (χ4n) is 3.97. The van der Waals surface area contributed by atoms with E-state index >= 15 is 0 Å². The first-order chi connectivity index (χ1) is 13.8. The third-order valence-electron chi connectivity index (χ3n) is 5.43. The van der Waals surface area contributed by atoms with Crippen LogP contribution in [0.25, 0.3) is 0 Å². The molecule has 4 rings (SSSR count). The zero-order valence-electron chi connectivity index (χ0n) is 15.8. The van der Waals surface area contributed by atoms with E-state index in [2.05, 4.69) is 0 Å². The lowest BCUT2D eigenvalue weighted by atomic mass is 9.94. The smallest absolute Gasteiger partial charge is 0.353 e. The van der Waals surface area contributed by atoms with Crippen LogP contribution in [-0.2, 0) is 22.9 Å². The van der Waals surface area contributed by atoms with Gasteiger partial charge in [0.1, 0.15) is 11.5 Å². The molecule has 1 aliphatic carbocycles. The van der Waals surface area contributed by atoms with E-state index in [1.807, 2.05) is 6.92 Å². The van der Waals surface area contributed by atoms with Gasteiger partial charge in [-0.05, 0) is 73.6 Å². The Hall–Kier alpha value is -2.93. The van der Waals surface area contributed by atoms with Gasteiger partial charge in [-0.15, -0.1) is 0 Å². The summed E-state index contributed by atoms with van der Waals surface area (Å²) in [4.78, 5) is 11.9. The third-order valence-corrected chi connectivity index (χ3v) is 7.20. The molecule has 1 heterocycles. The largest absolute Gasteiger partial charge is 0.477 e. The highest BCUT2D eigenvalue weighted by atomic mass is 32.2. The van der Waals surface area contributed by atoms with E-state index in [9.17, 15) is 22.7 Å². The lowest BCUT2D eigenvalue weighted by molar-refractivity contribution is 0.0689. The number of nitrogens with zero attached hydrogens (tertiary/aromatic N) is 1. The minimum atomic E-state index is -4.03. The zero-order chi connectivity index (χ0) is 20.8. The zero-order valence-corrected chi connectivity index (χ0v) is 16.6. The van der Waals surface area contributed by atoms with Gasteiger partial charge in [0.15, 0.2) is 0 Å². The molecule has 5 nitrogen and oxygen atoms in total. The van der Waals surface area contributed by atoms with Crippen molar-refractivity contribution in [2.24, 2.45) is 0 Å². The van der Waals surface area contributed by atoms with Gasteiger partial charge in [0.2, 0.25) is 0 Å². The van der Waals surface area contributed by atoms with Gasteiger partial charge < -0.3 is 5.11 Å². The molecular formula is C22H20FNO4S. The number of hydrogen-bond donors (Lipinski definition) is 1. The summed E-state index contributed by atoms with van der Waals surface area (Å²) in [5.41, 5.74) is 2.85. The van der Waals surface area contributed by atoms with Gasteiger partial charge in [0, 0.05) is 5.69 Å². The second kappa shape index (κ2) is 7.15. The monoisotopic (exact) mass is 413 g/mol. The predicted octanol–water partition coefficient (Wildman–Crippen LogP) is 4.14. The Morgan fingerprint density at radius 1 is 1.14 bits per heavy atom. The van der Waals surface area contributed by atoms with Gasteiger partial charge in [0.05, 0.1) is 4.90 Å². The first-order valence-corrected chi connectivity index (χ1v) is 10.8. The molecule has 0 aliphatic heterocycles. The fourth-order valence-corrected chi connectivity index (χ4v) is 5.54. The summed E-state index contributed by atoms with van der Waals surface area (Å²) in [6.07, 6.45) is 1.78. The number of benzene rings is 2. The average molecular weight is 413 g/mol. The maximum Gasteiger partial charge on any atom is 0.353 e. The van der Waals surface area contributed by atoms with Crippen molar-refractivity contribution in [1.29, 1.82) is 0 Å². The van der Waals surface area contributed by atoms with E-state index in [4.69, 9.17) is 0 Å². The summed E-state index contributed by atoms with van der Waals surface area (Å²) in [5.74, 6) is -1.61. The molecule has 1 aliphatic rings. The number of carboxylic acid groups (broad SMARTS) is 1. The minimum Gasteiger partial charge on any atom is -0.477 e. The fraction of sp³-hybridized carbons (Fsp3) is 0.227. The molecule has 1 N–H and O–H groups in total. The highest BCUT2D eigenvalue weighted by Crippen LogP contribution is 2.39. The molecule has 1 unspecified atom stereocenters. The van der Waals surface area contributed by atoms with Crippen molar-refractivity contribution in [3.05, 3.63) is 88.5 Å². The number of aromatic nitrogens is 1. The van der Waals surface area contributed by atoms with Crippen LogP contribution in [0.15, 0.2) is 59.5 Å². The summed E-state index contributed by atoms with van der Waals surface area (Å²) < 4.78 is 40.7. The molecule has 0 amide bonds. The Balaban J connectivity index is 1.77. The number of carboxylic acids is 1. The third kappa shape index (κ3) is 3.46. The van der Waals surface area contributed by atoms with Crippen molar-refractivity contribution >= 4 is 16.0 Å². The van der Waals surface area contributed by atoms with E-state index in [0.717, 1.165) is 20.7 Å². The van der Waals surface area contributed by atoms with Crippen LogP contribution in [0.1, 0.15) is 45.2 Å². The van der Waals surface area contributed by atoms with Gasteiger partial charge >= 0.3 is 5.97 Å². The highest BCUT2D eigenvalue weighted by molar-refractivity contribution is 7.90. The number of rotatable bonds is 5. The number of carbonyl (C=O) groups is 1. The highest BCUT2D eigenvalue weighted by Gasteiger charge is 2.35. The van der Waals surface area contributed by atoms with Crippen LogP contribution in [0.5, 0.6) is 0 Å². The van der Waals surface area contributed by atoms with Gasteiger partial charge in [-0.1, -0.05) is 29.8 Å². The molecule has 29 heavy (non-hydrogen) atoms. The molecule has 0 fully saturated rings. The van der Waals surface area contributed by atoms with E-state index in [1.54, 1.807) is 24.3 Å². The minimum absolute atomic E-state index is 0.0111. The number of fused-ring (bicyclic) bond motifs is 1. The predicted molar refractivity (Wildman–Crippen MR) is 106 cm³/mol. The van der Waals surface area contributed by atoms with E-state index in [-0.39, 0.29) is 22.3 Å². The Bertz CT molecular complexity index is 1180. The van der Waals surface area contributed by atoms with Crippen LogP contribution in [0.2, 0.25) is 0 Å². The molecule has 3 aromatic rings. The molecule has 1 atom stereocenters. The van der Waals surface area contributed by atoms with E-state index in [0.29, 0.717) is 25.0 Å². The second-order valence-electron chi connectivity index (χ2n) is 7.39. The number of halogens is 1. The van der Waals surface area contributed by atoms with Crippen LogP contribution < -0.4 is 0 Å². The van der Waals surface area contributed by atoms with Crippen LogP contribution in [0.3, 0.4) is 0 Å². The molecule has 0 bridgehead atoms. The Morgan fingerprint density at radius 3 is 2.41 bits per heavy atom. The van der Waals surface area contributed by atoms with Crippen molar-refractivity contribution in [2.75, 3.05) is 0 Å². The summed E-state index contributed by atoms with van der Waals surface area (Å²) >= 11 is 0. The van der Waals surface area contributed by atoms with Gasteiger partial charge in [0.25, 0.3) is 10.0 Å². The topological polar surface area (TPSA) is 76.4 Å². The lowest BCUT2D eigenvalue weighted by Gasteiger charge is -2.11. The van der Waals surface area contributed by atoms with Crippen molar-refractivity contribution in [3.8, 4) is 0 Å². The van der Waals surface area contributed by atoms with Gasteiger partial charge in [-0.3, -0.25) is 0 Å². The number of aromatic carboxylic acids is 1. The summed E-state index contributed by atoms with van der Waals surface area (Å²) in [5, 5.41) is 9.66. The maximum atomic E-state index is 13.3. The Kier molecular flexibility index (Phi) is 4.78. The molecular weight excluding hydrogens is 393 g/mol. The summed E-state index contributed by atoms with van der Waals surface area (Å²) in [6.45, 7) is 1.85. The second-order valence-corrected chi connectivity index (χ2v) is 9.17. The standard InChI is InChI=1S/C22H20FNO4S/c1-14-2-9-18(10-3-14)29(27,28)24-20-11-6-16(19(20)13-21(24)22(25)26)12-15-4-7-17(23)8-5-15/h2-5,7-10,13,16H,6,11-12H2,1H3,(H,25,26). The molecule has 2 aromatic carbocycles. The first kappa shape index (κ1) is 19.4.